The molecule has 1 fully saturated rings. The van der Waals surface area contributed by atoms with Crippen molar-refractivity contribution in [2.45, 2.75) is 25.9 Å². The van der Waals surface area contributed by atoms with Gasteiger partial charge in [-0.1, -0.05) is 0 Å². The average molecular weight is 299 g/mol. The van der Waals surface area contributed by atoms with E-state index >= 15 is 0 Å². The van der Waals surface area contributed by atoms with Gasteiger partial charge < -0.3 is 5.11 Å². The Hall–Kier alpha value is -0.940. The van der Waals surface area contributed by atoms with E-state index in [-0.39, 0.29) is 12.0 Å². The zero-order chi connectivity index (χ0) is 12.4. The zero-order valence-electron chi connectivity index (χ0n) is 9.64. The van der Waals surface area contributed by atoms with Crippen LogP contribution in [0.1, 0.15) is 18.9 Å². The lowest BCUT2D eigenvalue weighted by Crippen LogP contribution is -2.32. The summed E-state index contributed by atoms with van der Waals surface area (Å²) in [5, 5.41) is 9.07. The highest BCUT2D eigenvalue weighted by Crippen LogP contribution is 2.26. The van der Waals surface area contributed by atoms with Gasteiger partial charge in [0, 0.05) is 29.5 Å². The molecular weight excluding hydrogens is 284 g/mol. The molecule has 1 saturated heterocycles. The van der Waals surface area contributed by atoms with Gasteiger partial charge in [-0.3, -0.25) is 14.7 Å². The highest BCUT2D eigenvalue weighted by Gasteiger charge is 2.35. The number of carbonyl (C=O) groups is 1. The van der Waals surface area contributed by atoms with Crippen LogP contribution in [0.5, 0.6) is 0 Å². The first-order chi connectivity index (χ1) is 8.08. The van der Waals surface area contributed by atoms with Crippen LogP contribution >= 0.6 is 15.9 Å². The number of aromatic nitrogens is 1. The molecule has 2 unspecified atom stereocenters. The number of likely N-dealkylation sites (tertiary alicyclic amines) is 1. The Morgan fingerprint density at radius 3 is 3.00 bits per heavy atom. The van der Waals surface area contributed by atoms with Gasteiger partial charge in [0.05, 0.1) is 5.92 Å². The van der Waals surface area contributed by atoms with Gasteiger partial charge >= 0.3 is 5.97 Å². The third kappa shape index (κ3) is 2.84. The third-order valence-electron chi connectivity index (χ3n) is 3.35. The van der Waals surface area contributed by atoms with Crippen molar-refractivity contribution in [3.05, 3.63) is 28.5 Å². The molecule has 0 spiro atoms. The lowest BCUT2D eigenvalue weighted by molar-refractivity contribution is -0.142. The molecule has 2 atom stereocenters. The number of carboxylic acid groups (broad SMARTS) is 1. The summed E-state index contributed by atoms with van der Waals surface area (Å²) in [7, 11) is 0. The topological polar surface area (TPSA) is 53.4 Å². The van der Waals surface area contributed by atoms with Crippen LogP contribution < -0.4 is 0 Å². The number of halogens is 1. The SMILES string of the molecule is CC1C(C(=O)O)CCN1Cc1cncc(Br)c1. The Bertz CT molecular complexity index is 425. The molecule has 4 nitrogen and oxygen atoms in total. The quantitative estimate of drug-likeness (QED) is 0.929. The average Bonchev–Trinajstić information content (AvgIpc) is 2.61. The second-order valence-corrected chi connectivity index (χ2v) is 5.37. The van der Waals surface area contributed by atoms with Crippen LogP contribution in [0.25, 0.3) is 0 Å². The predicted molar refractivity (Wildman–Crippen MR) is 67.6 cm³/mol. The molecule has 0 bridgehead atoms. The van der Waals surface area contributed by atoms with Crippen molar-refractivity contribution >= 4 is 21.9 Å². The number of carboxylic acids is 1. The smallest absolute Gasteiger partial charge is 0.308 e. The number of hydrogen-bond donors (Lipinski definition) is 1. The first-order valence-corrected chi connectivity index (χ1v) is 6.43. The van der Waals surface area contributed by atoms with Crippen LogP contribution in [-0.2, 0) is 11.3 Å². The van der Waals surface area contributed by atoms with Crippen LogP contribution in [0.4, 0.5) is 0 Å². The maximum atomic E-state index is 11.0. The molecule has 1 N–H and O–H groups in total. The molecule has 2 heterocycles. The molecule has 1 aromatic rings. The summed E-state index contributed by atoms with van der Waals surface area (Å²) >= 11 is 3.39. The van der Waals surface area contributed by atoms with Gasteiger partial charge in [-0.25, -0.2) is 0 Å². The number of rotatable bonds is 3. The minimum Gasteiger partial charge on any atom is -0.481 e. The monoisotopic (exact) mass is 298 g/mol. The summed E-state index contributed by atoms with van der Waals surface area (Å²) in [5.41, 5.74) is 1.11. The fourth-order valence-corrected chi connectivity index (χ4v) is 2.75. The molecule has 17 heavy (non-hydrogen) atoms. The molecule has 5 heteroatoms. The Kier molecular flexibility index (Phi) is 3.79. The fraction of sp³-hybridized carbons (Fsp3) is 0.500. The highest BCUT2D eigenvalue weighted by molar-refractivity contribution is 9.10. The summed E-state index contributed by atoms with van der Waals surface area (Å²) in [4.78, 5) is 17.3. The first-order valence-electron chi connectivity index (χ1n) is 5.64. The summed E-state index contributed by atoms with van der Waals surface area (Å²) in [6, 6.07) is 2.11. The van der Waals surface area contributed by atoms with Gasteiger partial charge in [-0.15, -0.1) is 0 Å². The van der Waals surface area contributed by atoms with Gasteiger partial charge in [0.15, 0.2) is 0 Å². The molecule has 0 radical (unpaired) electrons. The van der Waals surface area contributed by atoms with Crippen molar-refractivity contribution in [3.8, 4) is 0 Å². The lowest BCUT2D eigenvalue weighted by atomic mass is 10.0. The number of pyridine rings is 1. The second-order valence-electron chi connectivity index (χ2n) is 4.46. The van der Waals surface area contributed by atoms with E-state index in [1.165, 1.54) is 0 Å². The van der Waals surface area contributed by atoms with Crippen LogP contribution in [-0.4, -0.2) is 33.5 Å². The van der Waals surface area contributed by atoms with Gasteiger partial charge in [0.25, 0.3) is 0 Å². The van der Waals surface area contributed by atoms with E-state index < -0.39 is 5.97 Å². The molecule has 1 aromatic heterocycles. The molecular formula is C12H15BrN2O2. The summed E-state index contributed by atoms with van der Waals surface area (Å²) in [5.74, 6) is -0.928. The predicted octanol–water partition coefficient (Wildman–Crippen LogP) is 2.14. The number of nitrogens with zero attached hydrogens (tertiary/aromatic N) is 2. The largest absolute Gasteiger partial charge is 0.481 e. The minimum atomic E-state index is -0.688. The van der Waals surface area contributed by atoms with Crippen molar-refractivity contribution in [1.82, 2.24) is 9.88 Å². The molecule has 92 valence electrons. The van der Waals surface area contributed by atoms with Crippen LogP contribution in [0.2, 0.25) is 0 Å². The number of aliphatic carboxylic acids is 1. The first kappa shape index (κ1) is 12.5. The Labute approximate surface area is 109 Å². The van der Waals surface area contributed by atoms with E-state index in [9.17, 15) is 4.79 Å². The molecule has 1 aliphatic heterocycles. The molecule has 1 aliphatic rings. The molecule has 0 amide bonds. The lowest BCUT2D eigenvalue weighted by Gasteiger charge is -2.22. The van der Waals surface area contributed by atoms with Crippen LogP contribution in [0.3, 0.4) is 0 Å². The maximum absolute atomic E-state index is 11.0. The third-order valence-corrected chi connectivity index (χ3v) is 3.78. The van der Waals surface area contributed by atoms with E-state index in [4.69, 9.17) is 5.11 Å². The Morgan fingerprint density at radius 2 is 2.41 bits per heavy atom. The summed E-state index contributed by atoms with van der Waals surface area (Å²) < 4.78 is 0.955. The van der Waals surface area contributed by atoms with E-state index in [1.54, 1.807) is 6.20 Å². The molecule has 0 aliphatic carbocycles. The second kappa shape index (κ2) is 5.14. The standard InChI is InChI=1S/C12H15BrN2O2/c1-8-11(12(16)17)2-3-15(8)7-9-4-10(13)6-14-5-9/h4-6,8,11H,2-3,7H2,1H3,(H,16,17). The van der Waals surface area contributed by atoms with Crippen molar-refractivity contribution in [2.75, 3.05) is 6.54 Å². The van der Waals surface area contributed by atoms with Crippen LogP contribution in [0, 0.1) is 5.92 Å². The van der Waals surface area contributed by atoms with Crippen molar-refractivity contribution < 1.29 is 9.90 Å². The minimum absolute atomic E-state index is 0.0893. The Morgan fingerprint density at radius 1 is 1.65 bits per heavy atom. The van der Waals surface area contributed by atoms with Gasteiger partial charge in [-0.2, -0.15) is 0 Å². The molecule has 0 aromatic carbocycles. The van der Waals surface area contributed by atoms with E-state index in [0.717, 1.165) is 29.5 Å². The van der Waals surface area contributed by atoms with Crippen molar-refractivity contribution in [1.29, 1.82) is 0 Å². The maximum Gasteiger partial charge on any atom is 0.308 e. The Balaban J connectivity index is 2.03. The highest BCUT2D eigenvalue weighted by atomic mass is 79.9. The molecule has 2 rings (SSSR count). The van der Waals surface area contributed by atoms with E-state index in [0.29, 0.717) is 0 Å². The normalized spacial score (nSPS) is 25.1. The molecule has 0 saturated carbocycles. The van der Waals surface area contributed by atoms with E-state index in [1.807, 2.05) is 19.2 Å². The zero-order valence-corrected chi connectivity index (χ0v) is 11.2. The van der Waals surface area contributed by atoms with Crippen molar-refractivity contribution in [2.24, 2.45) is 5.92 Å². The van der Waals surface area contributed by atoms with Gasteiger partial charge in [0.2, 0.25) is 0 Å². The van der Waals surface area contributed by atoms with E-state index in [2.05, 4.69) is 25.8 Å². The van der Waals surface area contributed by atoms with Gasteiger partial charge in [-0.05, 0) is 47.4 Å². The summed E-state index contributed by atoms with van der Waals surface area (Å²) in [6.45, 7) is 3.58. The summed E-state index contributed by atoms with van der Waals surface area (Å²) in [6.07, 6.45) is 4.31. The van der Waals surface area contributed by atoms with Crippen molar-refractivity contribution in [3.63, 3.8) is 0 Å². The van der Waals surface area contributed by atoms with Gasteiger partial charge in [0.1, 0.15) is 0 Å². The number of hydrogen-bond acceptors (Lipinski definition) is 3. The van der Waals surface area contributed by atoms with Crippen LogP contribution in [0.15, 0.2) is 22.9 Å². The fourth-order valence-electron chi connectivity index (χ4n) is 2.33.